The van der Waals surface area contributed by atoms with Crippen molar-refractivity contribution in [3.63, 3.8) is 0 Å². The highest BCUT2D eigenvalue weighted by molar-refractivity contribution is 7.18. The van der Waals surface area contributed by atoms with Crippen molar-refractivity contribution in [1.82, 2.24) is 4.98 Å². The van der Waals surface area contributed by atoms with Crippen LogP contribution < -0.4 is 5.32 Å². The maximum atomic E-state index is 13.4. The highest BCUT2D eigenvalue weighted by Gasteiger charge is 2.17. The number of carbonyl (C=O) groups is 1. The Hall–Kier alpha value is -1.66. The fourth-order valence-corrected chi connectivity index (χ4v) is 2.55. The average molecular weight is 301 g/mol. The Kier molecular flexibility index (Phi) is 4.01. The van der Waals surface area contributed by atoms with Gasteiger partial charge in [0.25, 0.3) is 0 Å². The summed E-state index contributed by atoms with van der Waals surface area (Å²) in [4.78, 5) is 15.6. The summed E-state index contributed by atoms with van der Waals surface area (Å²) < 4.78 is 18.0. The molecule has 0 amide bonds. The number of carbonyl (C=O) groups excluding carboxylic acids is 1. The van der Waals surface area contributed by atoms with Gasteiger partial charge < -0.3 is 10.1 Å². The number of nitrogens with zero attached hydrogens (tertiary/aromatic N) is 1. The third-order valence-corrected chi connectivity index (χ3v) is 3.80. The Morgan fingerprint density at radius 1 is 1.53 bits per heavy atom. The van der Waals surface area contributed by atoms with Gasteiger partial charge in [-0.05, 0) is 19.1 Å². The number of esters is 1. The zero-order valence-electron chi connectivity index (χ0n) is 10.2. The molecule has 2 aromatic rings. The first-order valence-corrected chi connectivity index (χ1v) is 6.49. The summed E-state index contributed by atoms with van der Waals surface area (Å²) in [5.74, 6) is -0.868. The van der Waals surface area contributed by atoms with Crippen LogP contribution in [0.5, 0.6) is 0 Å². The SMILES string of the molecule is COC(=O)c1sc(Nc2cccc(F)c2C)nc1Cl. The molecular formula is C12H10ClFN2O2S. The number of hydrogen-bond acceptors (Lipinski definition) is 5. The second kappa shape index (κ2) is 5.54. The summed E-state index contributed by atoms with van der Waals surface area (Å²) in [5, 5.41) is 3.39. The monoisotopic (exact) mass is 300 g/mol. The Morgan fingerprint density at radius 2 is 2.26 bits per heavy atom. The zero-order chi connectivity index (χ0) is 14.0. The van der Waals surface area contributed by atoms with Crippen LogP contribution in [0.15, 0.2) is 18.2 Å². The molecule has 1 N–H and O–H groups in total. The Bertz CT molecular complexity index is 630. The lowest BCUT2D eigenvalue weighted by Gasteiger charge is -2.06. The van der Waals surface area contributed by atoms with E-state index in [1.54, 1.807) is 19.1 Å². The molecule has 0 aliphatic heterocycles. The molecule has 1 aromatic heterocycles. The number of thiazole rings is 1. The number of rotatable bonds is 3. The maximum Gasteiger partial charge on any atom is 0.351 e. The summed E-state index contributed by atoms with van der Waals surface area (Å²) in [5.41, 5.74) is 1.04. The number of halogens is 2. The van der Waals surface area contributed by atoms with Gasteiger partial charge >= 0.3 is 5.97 Å². The predicted octanol–water partition coefficient (Wildman–Crippen LogP) is 3.77. The van der Waals surface area contributed by atoms with Gasteiger partial charge in [0.05, 0.1) is 7.11 Å². The summed E-state index contributed by atoms with van der Waals surface area (Å²) in [7, 11) is 1.27. The molecule has 0 bridgehead atoms. The second-order valence-electron chi connectivity index (χ2n) is 3.67. The number of aromatic nitrogens is 1. The van der Waals surface area contributed by atoms with E-state index in [9.17, 15) is 9.18 Å². The third kappa shape index (κ3) is 2.85. The van der Waals surface area contributed by atoms with Gasteiger partial charge in [0.2, 0.25) is 0 Å². The summed E-state index contributed by atoms with van der Waals surface area (Å²) in [6, 6.07) is 4.67. The molecule has 0 fully saturated rings. The lowest BCUT2D eigenvalue weighted by atomic mass is 10.2. The van der Waals surface area contributed by atoms with Crippen LogP contribution in [0.1, 0.15) is 15.2 Å². The van der Waals surface area contributed by atoms with Gasteiger partial charge in [0, 0.05) is 11.3 Å². The van der Waals surface area contributed by atoms with Crippen LogP contribution in [0.3, 0.4) is 0 Å². The minimum atomic E-state index is -0.550. The highest BCUT2D eigenvalue weighted by atomic mass is 35.5. The van der Waals surface area contributed by atoms with Gasteiger partial charge in [0.1, 0.15) is 5.82 Å². The molecule has 0 saturated carbocycles. The molecular weight excluding hydrogens is 291 g/mol. The van der Waals surface area contributed by atoms with Gasteiger partial charge in [-0.25, -0.2) is 14.2 Å². The molecule has 1 aromatic carbocycles. The zero-order valence-corrected chi connectivity index (χ0v) is 11.7. The molecule has 19 heavy (non-hydrogen) atoms. The third-order valence-electron chi connectivity index (χ3n) is 2.47. The van der Waals surface area contributed by atoms with Gasteiger partial charge in [-0.1, -0.05) is 29.0 Å². The largest absolute Gasteiger partial charge is 0.465 e. The first-order valence-electron chi connectivity index (χ1n) is 5.29. The normalized spacial score (nSPS) is 10.3. The van der Waals surface area contributed by atoms with Crippen molar-refractivity contribution in [2.24, 2.45) is 0 Å². The van der Waals surface area contributed by atoms with E-state index < -0.39 is 5.97 Å². The molecule has 0 aliphatic rings. The number of anilines is 2. The Morgan fingerprint density at radius 3 is 2.95 bits per heavy atom. The van der Waals surface area contributed by atoms with E-state index in [4.69, 9.17) is 11.6 Å². The van der Waals surface area contributed by atoms with Crippen LogP contribution in [0.25, 0.3) is 0 Å². The van der Waals surface area contributed by atoms with Crippen LogP contribution in [0.4, 0.5) is 15.2 Å². The Balaban J connectivity index is 2.29. The average Bonchev–Trinajstić information content (AvgIpc) is 2.75. The van der Waals surface area contributed by atoms with Crippen molar-refractivity contribution in [2.75, 3.05) is 12.4 Å². The molecule has 7 heteroatoms. The second-order valence-corrected chi connectivity index (χ2v) is 5.03. The topological polar surface area (TPSA) is 51.2 Å². The van der Waals surface area contributed by atoms with Crippen molar-refractivity contribution >= 4 is 39.7 Å². The molecule has 4 nitrogen and oxygen atoms in total. The fourth-order valence-electron chi connectivity index (χ4n) is 1.43. The Labute approximate surface area is 118 Å². The van der Waals surface area contributed by atoms with E-state index in [0.717, 1.165) is 11.3 Å². The van der Waals surface area contributed by atoms with Gasteiger partial charge in [-0.3, -0.25) is 0 Å². The van der Waals surface area contributed by atoms with Crippen molar-refractivity contribution in [3.8, 4) is 0 Å². The number of benzene rings is 1. The summed E-state index contributed by atoms with van der Waals surface area (Å²) in [6.45, 7) is 1.65. The molecule has 2 rings (SSSR count). The van der Waals surface area contributed by atoms with E-state index in [-0.39, 0.29) is 15.8 Å². The van der Waals surface area contributed by atoms with Crippen LogP contribution >= 0.6 is 22.9 Å². The molecule has 0 saturated heterocycles. The van der Waals surface area contributed by atoms with Crippen molar-refractivity contribution in [3.05, 3.63) is 39.6 Å². The van der Waals surface area contributed by atoms with E-state index in [0.29, 0.717) is 16.4 Å². The van der Waals surface area contributed by atoms with E-state index >= 15 is 0 Å². The van der Waals surface area contributed by atoms with Crippen LogP contribution in [-0.4, -0.2) is 18.1 Å². The van der Waals surface area contributed by atoms with E-state index in [2.05, 4.69) is 15.0 Å². The molecule has 0 atom stereocenters. The number of ether oxygens (including phenoxy) is 1. The van der Waals surface area contributed by atoms with Crippen molar-refractivity contribution < 1.29 is 13.9 Å². The predicted molar refractivity (Wildman–Crippen MR) is 72.9 cm³/mol. The quantitative estimate of drug-likeness (QED) is 0.877. The van der Waals surface area contributed by atoms with Crippen LogP contribution in [-0.2, 0) is 4.74 Å². The van der Waals surface area contributed by atoms with E-state index in [1.807, 2.05) is 0 Å². The first kappa shape index (κ1) is 13.8. The lowest BCUT2D eigenvalue weighted by Crippen LogP contribution is -1.98. The minimum absolute atomic E-state index is 0.0633. The van der Waals surface area contributed by atoms with Gasteiger partial charge in [-0.15, -0.1) is 0 Å². The molecule has 0 radical (unpaired) electrons. The summed E-state index contributed by atoms with van der Waals surface area (Å²) in [6.07, 6.45) is 0. The molecule has 100 valence electrons. The molecule has 0 unspecified atom stereocenters. The van der Waals surface area contributed by atoms with Crippen LogP contribution in [0, 0.1) is 12.7 Å². The maximum absolute atomic E-state index is 13.4. The van der Waals surface area contributed by atoms with E-state index in [1.165, 1.54) is 13.2 Å². The van der Waals surface area contributed by atoms with Gasteiger partial charge in [-0.2, -0.15) is 0 Å². The number of nitrogens with one attached hydrogen (secondary N) is 1. The van der Waals surface area contributed by atoms with Crippen molar-refractivity contribution in [1.29, 1.82) is 0 Å². The highest BCUT2D eigenvalue weighted by Crippen LogP contribution is 2.31. The first-order chi connectivity index (χ1) is 9.02. The van der Waals surface area contributed by atoms with Crippen molar-refractivity contribution in [2.45, 2.75) is 6.92 Å². The van der Waals surface area contributed by atoms with Gasteiger partial charge in [0.15, 0.2) is 15.2 Å². The number of methoxy groups -OCH3 is 1. The summed E-state index contributed by atoms with van der Waals surface area (Å²) >= 11 is 6.89. The standard InChI is InChI=1S/C12H10ClFN2O2S/c1-6-7(14)4-3-5-8(6)15-12-16-10(13)9(19-12)11(17)18-2/h3-5H,1-2H3,(H,15,16). The molecule has 1 heterocycles. The number of hydrogen-bond donors (Lipinski definition) is 1. The minimum Gasteiger partial charge on any atom is -0.465 e. The lowest BCUT2D eigenvalue weighted by molar-refractivity contribution is 0.0606. The van der Waals surface area contributed by atoms with Crippen LogP contribution in [0.2, 0.25) is 5.15 Å². The molecule has 0 spiro atoms. The molecule has 0 aliphatic carbocycles. The fraction of sp³-hybridized carbons (Fsp3) is 0.167. The smallest absolute Gasteiger partial charge is 0.351 e.